The molecule has 0 aromatic heterocycles. The highest BCUT2D eigenvalue weighted by Gasteiger charge is 2.43. The fourth-order valence-corrected chi connectivity index (χ4v) is 3.14. The average Bonchev–Trinajstić information content (AvgIpc) is 2.45. The van der Waals surface area contributed by atoms with Crippen molar-refractivity contribution in [3.8, 4) is 0 Å². The zero-order chi connectivity index (χ0) is 13.9. The molecule has 0 amide bonds. The van der Waals surface area contributed by atoms with Gasteiger partial charge in [0.1, 0.15) is 0 Å². The molecule has 1 aliphatic heterocycles. The van der Waals surface area contributed by atoms with E-state index in [1.807, 2.05) is 12.1 Å². The van der Waals surface area contributed by atoms with Gasteiger partial charge < -0.3 is 15.8 Å². The Morgan fingerprint density at radius 2 is 2.33 bits per heavy atom. The Morgan fingerprint density at radius 1 is 1.48 bits per heavy atom. The summed E-state index contributed by atoms with van der Waals surface area (Å²) in [5, 5.41) is 3.20. The molecule has 3 unspecified atom stereocenters. The third-order valence-electron chi connectivity index (χ3n) is 4.37. The van der Waals surface area contributed by atoms with Crippen LogP contribution in [0.1, 0.15) is 31.7 Å². The van der Waals surface area contributed by atoms with Gasteiger partial charge in [-0.05, 0) is 43.4 Å². The average molecular weight is 401 g/mol. The van der Waals surface area contributed by atoms with Crippen LogP contribution in [-0.4, -0.2) is 24.7 Å². The Hall–Kier alpha value is -0.820. The molecule has 4 nitrogen and oxygen atoms in total. The van der Waals surface area contributed by atoms with E-state index in [1.165, 1.54) is 12.0 Å². The van der Waals surface area contributed by atoms with E-state index in [0.717, 1.165) is 31.6 Å². The van der Waals surface area contributed by atoms with Crippen molar-refractivity contribution in [1.82, 2.24) is 0 Å². The first-order valence-corrected chi connectivity index (χ1v) is 7.57. The molecule has 116 valence electrons. The summed E-state index contributed by atoms with van der Waals surface area (Å²) in [5.74, 6) is 1.10. The number of hydrogen-bond acceptors (Lipinski definition) is 2. The molecule has 1 saturated carbocycles. The van der Waals surface area contributed by atoms with E-state index >= 15 is 0 Å². The van der Waals surface area contributed by atoms with Gasteiger partial charge in [0, 0.05) is 18.2 Å². The molecule has 0 bridgehead atoms. The van der Waals surface area contributed by atoms with E-state index in [4.69, 9.17) is 10.5 Å². The smallest absolute Gasteiger partial charge is 0.193 e. The Bertz CT molecular complexity index is 506. The lowest BCUT2D eigenvalue weighted by Gasteiger charge is -2.45. The minimum atomic E-state index is 0. The Morgan fingerprint density at radius 3 is 3.10 bits per heavy atom. The second-order valence-corrected chi connectivity index (χ2v) is 5.71. The standard InChI is InChI=1S/C16H23N3O.HI/c1-2-11-5-3-6-12(9-11)18-16(17)19-14-10-15-13(14)7-4-8-20-15;/h3,5-6,9,13-15H,2,4,7-8,10H2,1H3,(H3,17,18,19);1H. The number of nitrogens with zero attached hydrogens (tertiary/aromatic N) is 1. The molecule has 1 aromatic rings. The van der Waals surface area contributed by atoms with Crippen molar-refractivity contribution < 1.29 is 4.74 Å². The van der Waals surface area contributed by atoms with E-state index in [2.05, 4.69) is 29.4 Å². The van der Waals surface area contributed by atoms with Crippen LogP contribution in [0.25, 0.3) is 0 Å². The predicted molar refractivity (Wildman–Crippen MR) is 97.3 cm³/mol. The van der Waals surface area contributed by atoms with Crippen LogP contribution in [0.2, 0.25) is 0 Å². The summed E-state index contributed by atoms with van der Waals surface area (Å²) in [6.07, 6.45) is 4.84. The molecule has 21 heavy (non-hydrogen) atoms. The highest BCUT2D eigenvalue weighted by atomic mass is 127. The van der Waals surface area contributed by atoms with Gasteiger partial charge in [0.05, 0.1) is 12.1 Å². The summed E-state index contributed by atoms with van der Waals surface area (Å²) in [6.45, 7) is 3.06. The number of fused-ring (bicyclic) bond motifs is 1. The van der Waals surface area contributed by atoms with Gasteiger partial charge in [-0.15, -0.1) is 24.0 Å². The molecular weight excluding hydrogens is 377 g/mol. The highest BCUT2D eigenvalue weighted by Crippen LogP contribution is 2.39. The van der Waals surface area contributed by atoms with E-state index < -0.39 is 0 Å². The van der Waals surface area contributed by atoms with Crippen LogP contribution >= 0.6 is 24.0 Å². The number of aliphatic imine (C=N–C) groups is 1. The number of rotatable bonds is 3. The second-order valence-electron chi connectivity index (χ2n) is 5.71. The number of halogens is 1. The van der Waals surface area contributed by atoms with Crippen LogP contribution in [-0.2, 0) is 11.2 Å². The molecule has 0 radical (unpaired) electrons. The molecule has 1 aliphatic carbocycles. The monoisotopic (exact) mass is 401 g/mol. The van der Waals surface area contributed by atoms with E-state index in [0.29, 0.717) is 24.0 Å². The Labute approximate surface area is 143 Å². The molecule has 0 spiro atoms. The summed E-state index contributed by atoms with van der Waals surface area (Å²) in [5.41, 5.74) is 8.34. The predicted octanol–water partition coefficient (Wildman–Crippen LogP) is 3.16. The summed E-state index contributed by atoms with van der Waals surface area (Å²) < 4.78 is 5.71. The van der Waals surface area contributed by atoms with Crippen LogP contribution in [0.4, 0.5) is 5.69 Å². The summed E-state index contributed by atoms with van der Waals surface area (Å²) >= 11 is 0. The van der Waals surface area contributed by atoms with Gasteiger partial charge in [0.2, 0.25) is 0 Å². The minimum absolute atomic E-state index is 0. The van der Waals surface area contributed by atoms with Gasteiger partial charge in [0.15, 0.2) is 5.96 Å². The molecule has 3 atom stereocenters. The molecule has 1 heterocycles. The number of benzene rings is 1. The Balaban J connectivity index is 0.00000161. The molecule has 5 heteroatoms. The van der Waals surface area contributed by atoms with Crippen LogP contribution in [0.15, 0.2) is 29.3 Å². The largest absolute Gasteiger partial charge is 0.378 e. The van der Waals surface area contributed by atoms with Crippen molar-refractivity contribution in [1.29, 1.82) is 0 Å². The van der Waals surface area contributed by atoms with Crippen molar-refractivity contribution in [3.05, 3.63) is 29.8 Å². The Kier molecular flexibility index (Phi) is 5.87. The van der Waals surface area contributed by atoms with Gasteiger partial charge >= 0.3 is 0 Å². The zero-order valence-electron chi connectivity index (χ0n) is 12.4. The second kappa shape index (κ2) is 7.45. The maximum absolute atomic E-state index is 6.03. The van der Waals surface area contributed by atoms with Gasteiger partial charge in [-0.3, -0.25) is 0 Å². The number of hydrogen-bond donors (Lipinski definition) is 2. The quantitative estimate of drug-likeness (QED) is 0.465. The lowest BCUT2D eigenvalue weighted by atomic mass is 9.73. The molecule has 2 aliphatic rings. The molecule has 1 aromatic carbocycles. The van der Waals surface area contributed by atoms with Gasteiger partial charge in [-0.1, -0.05) is 19.1 Å². The van der Waals surface area contributed by atoms with Gasteiger partial charge in [-0.2, -0.15) is 0 Å². The third kappa shape index (κ3) is 3.88. The van der Waals surface area contributed by atoms with Crippen LogP contribution in [0, 0.1) is 5.92 Å². The van der Waals surface area contributed by atoms with Crippen molar-refractivity contribution in [2.45, 2.75) is 44.8 Å². The minimum Gasteiger partial charge on any atom is -0.378 e. The summed E-state index contributed by atoms with van der Waals surface area (Å²) in [6, 6.07) is 8.64. The first-order chi connectivity index (χ1) is 9.76. The van der Waals surface area contributed by atoms with Crippen molar-refractivity contribution in [2.24, 2.45) is 16.6 Å². The lowest BCUT2D eigenvalue weighted by Crippen LogP contribution is -2.49. The van der Waals surface area contributed by atoms with Crippen LogP contribution < -0.4 is 11.1 Å². The van der Waals surface area contributed by atoms with E-state index in [-0.39, 0.29) is 24.0 Å². The number of nitrogens with two attached hydrogens (primary N) is 1. The van der Waals surface area contributed by atoms with Gasteiger partial charge in [-0.25, -0.2) is 4.99 Å². The molecule has 3 N–H and O–H groups in total. The highest BCUT2D eigenvalue weighted by molar-refractivity contribution is 14.0. The summed E-state index contributed by atoms with van der Waals surface area (Å²) in [7, 11) is 0. The van der Waals surface area contributed by atoms with E-state index in [9.17, 15) is 0 Å². The van der Waals surface area contributed by atoms with Crippen LogP contribution in [0.5, 0.6) is 0 Å². The maximum atomic E-state index is 6.03. The normalized spacial score (nSPS) is 28.0. The summed E-state index contributed by atoms with van der Waals surface area (Å²) in [4.78, 5) is 4.62. The van der Waals surface area contributed by atoms with Crippen LogP contribution in [0.3, 0.4) is 0 Å². The SMILES string of the molecule is CCc1cccc(NC(N)=NC2CC3OCCCC23)c1.I. The third-order valence-corrected chi connectivity index (χ3v) is 4.37. The molecule has 1 saturated heterocycles. The number of anilines is 1. The fourth-order valence-electron chi connectivity index (χ4n) is 3.14. The maximum Gasteiger partial charge on any atom is 0.193 e. The first-order valence-electron chi connectivity index (χ1n) is 7.57. The first kappa shape index (κ1) is 16.5. The van der Waals surface area contributed by atoms with Gasteiger partial charge in [0.25, 0.3) is 0 Å². The molecular formula is C16H24IN3O. The topological polar surface area (TPSA) is 59.6 Å². The number of guanidine groups is 1. The van der Waals surface area contributed by atoms with E-state index in [1.54, 1.807) is 0 Å². The molecule has 2 fully saturated rings. The van der Waals surface area contributed by atoms with Crippen molar-refractivity contribution in [3.63, 3.8) is 0 Å². The lowest BCUT2D eigenvalue weighted by molar-refractivity contribution is -0.0937. The fraction of sp³-hybridized carbons (Fsp3) is 0.562. The van der Waals surface area contributed by atoms with Crippen molar-refractivity contribution in [2.75, 3.05) is 11.9 Å². The van der Waals surface area contributed by atoms with Crippen molar-refractivity contribution >= 4 is 35.6 Å². The number of ether oxygens (including phenoxy) is 1. The number of nitrogens with one attached hydrogen (secondary N) is 1. The zero-order valence-corrected chi connectivity index (χ0v) is 14.7. The molecule has 3 rings (SSSR count). The number of aryl methyl sites for hydroxylation is 1.